The Kier molecular flexibility index (Phi) is 9.32. The van der Waals surface area contributed by atoms with E-state index in [0.29, 0.717) is 36.6 Å². The molecule has 0 unspecified atom stereocenters. The Morgan fingerprint density at radius 3 is 2.89 bits per heavy atom. The van der Waals surface area contributed by atoms with Crippen LogP contribution in [-0.4, -0.2) is 30.6 Å². The zero-order chi connectivity index (χ0) is 13.4. The lowest BCUT2D eigenvalue weighted by atomic mass is 10.4. The van der Waals surface area contributed by atoms with E-state index in [-0.39, 0.29) is 24.0 Å². The molecule has 1 rings (SSSR count). The van der Waals surface area contributed by atoms with Crippen molar-refractivity contribution in [3.05, 3.63) is 35.5 Å². The van der Waals surface area contributed by atoms with Gasteiger partial charge in [-0.1, -0.05) is 23.8 Å². The van der Waals surface area contributed by atoms with Gasteiger partial charge in [-0.15, -0.1) is 24.0 Å². The minimum atomic E-state index is 0. The van der Waals surface area contributed by atoms with E-state index in [4.69, 9.17) is 22.1 Å². The highest BCUT2D eigenvalue weighted by Gasteiger charge is 1.96. The predicted octanol–water partition coefficient (Wildman–Crippen LogP) is 2.21. The van der Waals surface area contributed by atoms with E-state index in [1.807, 2.05) is 6.92 Å². The van der Waals surface area contributed by atoms with E-state index in [1.54, 1.807) is 12.1 Å². The van der Waals surface area contributed by atoms with Crippen molar-refractivity contribution in [3.8, 4) is 5.88 Å². The van der Waals surface area contributed by atoms with Crippen molar-refractivity contribution < 1.29 is 4.74 Å². The van der Waals surface area contributed by atoms with E-state index >= 15 is 0 Å². The van der Waals surface area contributed by atoms with Crippen LogP contribution >= 0.6 is 35.6 Å². The zero-order valence-corrected chi connectivity index (χ0v) is 13.8. The molecule has 3 N–H and O–H groups in total. The van der Waals surface area contributed by atoms with E-state index < -0.39 is 0 Å². The van der Waals surface area contributed by atoms with E-state index in [0.717, 1.165) is 5.57 Å². The van der Waals surface area contributed by atoms with Crippen molar-refractivity contribution in [2.24, 2.45) is 10.7 Å². The predicted molar refractivity (Wildman–Crippen MR) is 89.5 cm³/mol. The highest BCUT2D eigenvalue weighted by Crippen LogP contribution is 2.10. The number of hydrogen-bond acceptors (Lipinski definition) is 3. The van der Waals surface area contributed by atoms with Gasteiger partial charge < -0.3 is 15.8 Å². The van der Waals surface area contributed by atoms with Crippen LogP contribution in [0.5, 0.6) is 5.88 Å². The van der Waals surface area contributed by atoms with Crippen LogP contribution in [0.15, 0.2) is 35.5 Å². The molecule has 106 valence electrons. The molecule has 0 bridgehead atoms. The summed E-state index contributed by atoms with van der Waals surface area (Å²) in [6.45, 7) is 7.15. The third kappa shape index (κ3) is 8.66. The molecule has 0 saturated heterocycles. The molecule has 7 heteroatoms. The molecule has 1 aromatic heterocycles. The number of halogens is 2. The molecule has 1 heterocycles. The SMILES string of the molecule is C=C(C)CN=C(N)NCCOc1ccc(Cl)cn1.I. The van der Waals surface area contributed by atoms with Gasteiger partial charge in [0.05, 0.1) is 18.1 Å². The maximum atomic E-state index is 5.71. The fourth-order valence-electron chi connectivity index (χ4n) is 1.06. The number of nitrogens with zero attached hydrogens (tertiary/aromatic N) is 2. The molecule has 0 aromatic carbocycles. The average molecular weight is 397 g/mol. The van der Waals surface area contributed by atoms with Gasteiger partial charge in [0, 0.05) is 12.3 Å². The van der Waals surface area contributed by atoms with Crippen molar-refractivity contribution in [3.63, 3.8) is 0 Å². The lowest BCUT2D eigenvalue weighted by molar-refractivity contribution is 0.310. The first-order valence-corrected chi connectivity index (χ1v) is 5.88. The molecule has 0 saturated carbocycles. The van der Waals surface area contributed by atoms with Gasteiger partial charge in [-0.2, -0.15) is 0 Å². The van der Waals surface area contributed by atoms with Crippen molar-refractivity contribution in [2.45, 2.75) is 6.92 Å². The van der Waals surface area contributed by atoms with Crippen molar-refractivity contribution >= 4 is 41.5 Å². The largest absolute Gasteiger partial charge is 0.476 e. The van der Waals surface area contributed by atoms with Gasteiger partial charge in [-0.3, -0.25) is 0 Å². The second kappa shape index (κ2) is 9.85. The van der Waals surface area contributed by atoms with Crippen LogP contribution in [0.1, 0.15) is 6.92 Å². The Morgan fingerprint density at radius 2 is 2.32 bits per heavy atom. The molecule has 0 radical (unpaired) electrons. The fourth-order valence-corrected chi connectivity index (χ4v) is 1.17. The summed E-state index contributed by atoms with van der Waals surface area (Å²) in [6, 6.07) is 3.43. The molecule has 0 aliphatic rings. The molecule has 0 fully saturated rings. The van der Waals surface area contributed by atoms with Gasteiger partial charge in [-0.05, 0) is 13.0 Å². The molecule has 1 aromatic rings. The molecule has 0 spiro atoms. The standard InChI is InChI=1S/C12H17ClN4O.HI/c1-9(2)7-17-12(14)15-5-6-18-11-4-3-10(13)8-16-11;/h3-4,8H,1,5-7H2,2H3,(H3,14,15,17);1H. The van der Waals surface area contributed by atoms with Crippen molar-refractivity contribution in [1.82, 2.24) is 10.3 Å². The van der Waals surface area contributed by atoms with Crippen LogP contribution in [0, 0.1) is 0 Å². The maximum absolute atomic E-state index is 5.71. The summed E-state index contributed by atoms with van der Waals surface area (Å²) in [5.74, 6) is 0.907. The molecule has 0 atom stereocenters. The summed E-state index contributed by atoms with van der Waals surface area (Å²) >= 11 is 5.71. The van der Waals surface area contributed by atoms with Gasteiger partial charge in [0.25, 0.3) is 0 Å². The lowest BCUT2D eigenvalue weighted by Gasteiger charge is -2.07. The van der Waals surface area contributed by atoms with Gasteiger partial charge in [0.2, 0.25) is 5.88 Å². The molecule has 0 amide bonds. The summed E-state index contributed by atoms with van der Waals surface area (Å²) in [5.41, 5.74) is 6.59. The molecular formula is C12H18ClIN4O. The second-order valence-electron chi connectivity index (χ2n) is 3.75. The van der Waals surface area contributed by atoms with Crippen molar-refractivity contribution in [1.29, 1.82) is 0 Å². The fraction of sp³-hybridized carbons (Fsp3) is 0.333. The van der Waals surface area contributed by atoms with Crippen LogP contribution < -0.4 is 15.8 Å². The highest BCUT2D eigenvalue weighted by atomic mass is 127. The molecule has 5 nitrogen and oxygen atoms in total. The van der Waals surface area contributed by atoms with Gasteiger partial charge in [0.15, 0.2) is 5.96 Å². The molecule has 0 aliphatic carbocycles. The number of ether oxygens (including phenoxy) is 1. The second-order valence-corrected chi connectivity index (χ2v) is 4.18. The lowest BCUT2D eigenvalue weighted by Crippen LogP contribution is -2.34. The van der Waals surface area contributed by atoms with Crippen molar-refractivity contribution in [2.75, 3.05) is 19.7 Å². The molecule has 0 aliphatic heterocycles. The summed E-state index contributed by atoms with van der Waals surface area (Å²) in [6.07, 6.45) is 1.53. The number of pyridine rings is 1. The summed E-state index contributed by atoms with van der Waals surface area (Å²) in [5, 5.41) is 3.51. The van der Waals surface area contributed by atoms with E-state index in [9.17, 15) is 0 Å². The van der Waals surface area contributed by atoms with Crippen LogP contribution in [0.2, 0.25) is 5.02 Å². The van der Waals surface area contributed by atoms with Crippen LogP contribution in [-0.2, 0) is 0 Å². The number of aromatic nitrogens is 1. The van der Waals surface area contributed by atoms with Crippen LogP contribution in [0.4, 0.5) is 0 Å². The summed E-state index contributed by atoms with van der Waals surface area (Å²) in [7, 11) is 0. The number of hydrogen-bond donors (Lipinski definition) is 2. The monoisotopic (exact) mass is 396 g/mol. The number of nitrogens with two attached hydrogens (primary N) is 1. The number of rotatable bonds is 6. The summed E-state index contributed by atoms with van der Waals surface area (Å²) < 4.78 is 5.38. The maximum Gasteiger partial charge on any atom is 0.213 e. The first-order valence-electron chi connectivity index (χ1n) is 5.50. The summed E-state index contributed by atoms with van der Waals surface area (Å²) in [4.78, 5) is 8.07. The van der Waals surface area contributed by atoms with E-state index in [2.05, 4.69) is 21.9 Å². The topological polar surface area (TPSA) is 72.5 Å². The Labute approximate surface area is 135 Å². The Bertz CT molecular complexity index is 422. The minimum Gasteiger partial charge on any atom is -0.476 e. The number of nitrogens with one attached hydrogen (secondary N) is 1. The minimum absolute atomic E-state index is 0. The van der Waals surface area contributed by atoms with Crippen LogP contribution in [0.3, 0.4) is 0 Å². The number of aliphatic imine (C=N–C) groups is 1. The Morgan fingerprint density at radius 1 is 1.58 bits per heavy atom. The van der Waals surface area contributed by atoms with Crippen LogP contribution in [0.25, 0.3) is 0 Å². The van der Waals surface area contributed by atoms with Gasteiger partial charge in [0.1, 0.15) is 6.61 Å². The first kappa shape index (κ1) is 18.0. The molecule has 19 heavy (non-hydrogen) atoms. The third-order valence-electron chi connectivity index (χ3n) is 1.88. The molecular weight excluding hydrogens is 379 g/mol. The quantitative estimate of drug-likeness (QED) is 0.254. The Balaban J connectivity index is 0.00000324. The highest BCUT2D eigenvalue weighted by molar-refractivity contribution is 14.0. The van der Waals surface area contributed by atoms with E-state index in [1.165, 1.54) is 6.20 Å². The normalized spacial score (nSPS) is 10.5. The van der Waals surface area contributed by atoms with Gasteiger partial charge >= 0.3 is 0 Å². The average Bonchev–Trinajstić information content (AvgIpc) is 2.34. The third-order valence-corrected chi connectivity index (χ3v) is 2.10. The smallest absolute Gasteiger partial charge is 0.213 e. The van der Waals surface area contributed by atoms with Gasteiger partial charge in [-0.25, -0.2) is 9.98 Å². The number of guanidine groups is 1. The Hall–Kier alpha value is -1.02. The zero-order valence-electron chi connectivity index (χ0n) is 10.7. The first-order chi connectivity index (χ1) is 8.58.